The molecule has 0 unspecified atom stereocenters. The van der Waals surface area contributed by atoms with Gasteiger partial charge in [-0.05, 0) is 37.0 Å². The Hall–Kier alpha value is -1.84. The van der Waals surface area contributed by atoms with Crippen LogP contribution < -0.4 is 5.32 Å². The van der Waals surface area contributed by atoms with Gasteiger partial charge in [0.25, 0.3) is 5.91 Å². The largest absolute Gasteiger partial charge is 0.345 e. The van der Waals surface area contributed by atoms with Crippen molar-refractivity contribution in [2.45, 2.75) is 38.5 Å². The smallest absolute Gasteiger partial charge is 0.253 e. The second kappa shape index (κ2) is 7.25. The number of carbonyl (C=O) groups is 2. The topological polar surface area (TPSA) is 49.4 Å². The van der Waals surface area contributed by atoms with Crippen LogP contribution in [0.15, 0.2) is 24.3 Å². The van der Waals surface area contributed by atoms with E-state index in [2.05, 4.69) is 5.32 Å². The van der Waals surface area contributed by atoms with Crippen LogP contribution in [0.4, 0.5) is 5.69 Å². The van der Waals surface area contributed by atoms with Gasteiger partial charge in [0.15, 0.2) is 0 Å². The van der Waals surface area contributed by atoms with Crippen LogP contribution in [0.5, 0.6) is 0 Å². The quantitative estimate of drug-likeness (QED) is 0.924. The summed E-state index contributed by atoms with van der Waals surface area (Å²) in [5, 5.41) is 2.91. The van der Waals surface area contributed by atoms with Crippen LogP contribution in [0.3, 0.4) is 0 Å². The lowest BCUT2D eigenvalue weighted by atomic mass is 9.87. The molecule has 1 aromatic carbocycles. The van der Waals surface area contributed by atoms with Crippen LogP contribution in [-0.4, -0.2) is 30.8 Å². The molecule has 1 fully saturated rings. The third-order valence-corrected chi connectivity index (χ3v) is 4.00. The van der Waals surface area contributed by atoms with E-state index >= 15 is 0 Å². The van der Waals surface area contributed by atoms with E-state index in [9.17, 15) is 9.59 Å². The van der Waals surface area contributed by atoms with Crippen molar-refractivity contribution in [2.24, 2.45) is 5.92 Å². The Balaban J connectivity index is 1.94. The maximum atomic E-state index is 12.1. The van der Waals surface area contributed by atoms with Crippen LogP contribution in [0, 0.1) is 5.92 Å². The van der Waals surface area contributed by atoms with Gasteiger partial charge in [0.2, 0.25) is 5.91 Å². The minimum atomic E-state index is -0.0571. The highest BCUT2D eigenvalue weighted by Gasteiger charge is 2.17. The summed E-state index contributed by atoms with van der Waals surface area (Å²) in [5.74, 6) is 0.514. The molecule has 0 atom stereocenters. The molecule has 0 saturated heterocycles. The van der Waals surface area contributed by atoms with Gasteiger partial charge < -0.3 is 10.2 Å². The van der Waals surface area contributed by atoms with Gasteiger partial charge in [0.1, 0.15) is 0 Å². The van der Waals surface area contributed by atoms with E-state index in [-0.39, 0.29) is 11.8 Å². The number of rotatable bonds is 4. The van der Waals surface area contributed by atoms with Crippen molar-refractivity contribution >= 4 is 17.5 Å². The monoisotopic (exact) mass is 288 g/mol. The molecule has 1 N–H and O–H groups in total. The number of nitrogens with zero attached hydrogens (tertiary/aromatic N) is 1. The van der Waals surface area contributed by atoms with E-state index in [1.54, 1.807) is 32.3 Å². The highest BCUT2D eigenvalue weighted by Crippen LogP contribution is 2.26. The fourth-order valence-corrected chi connectivity index (χ4v) is 2.85. The zero-order valence-corrected chi connectivity index (χ0v) is 12.9. The summed E-state index contributed by atoms with van der Waals surface area (Å²) in [6.07, 6.45) is 6.69. The van der Waals surface area contributed by atoms with E-state index < -0.39 is 0 Å². The number of benzene rings is 1. The number of carbonyl (C=O) groups excluding carboxylic acids is 2. The molecule has 21 heavy (non-hydrogen) atoms. The number of hydrogen-bond donors (Lipinski definition) is 1. The van der Waals surface area contributed by atoms with Crippen molar-refractivity contribution in [2.75, 3.05) is 19.4 Å². The molecule has 0 aliphatic heterocycles. The summed E-state index contributed by atoms with van der Waals surface area (Å²) in [4.78, 5) is 25.5. The lowest BCUT2D eigenvalue weighted by Gasteiger charge is -2.20. The second-order valence-electron chi connectivity index (χ2n) is 6.04. The molecule has 0 aromatic heterocycles. The molecule has 0 heterocycles. The first-order chi connectivity index (χ1) is 10.1. The average Bonchev–Trinajstić information content (AvgIpc) is 2.47. The molecule has 114 valence electrons. The van der Waals surface area contributed by atoms with Gasteiger partial charge in [0.05, 0.1) is 0 Å². The van der Waals surface area contributed by atoms with Crippen LogP contribution >= 0.6 is 0 Å². The number of anilines is 1. The Kier molecular flexibility index (Phi) is 5.37. The molecule has 1 aliphatic rings. The zero-order valence-electron chi connectivity index (χ0n) is 12.9. The molecule has 4 heteroatoms. The van der Waals surface area contributed by atoms with Crippen molar-refractivity contribution in [3.05, 3.63) is 29.8 Å². The fraction of sp³-hybridized carbons (Fsp3) is 0.529. The van der Waals surface area contributed by atoms with Gasteiger partial charge in [-0.1, -0.05) is 25.3 Å². The predicted octanol–water partition coefficient (Wildman–Crippen LogP) is 3.30. The molecule has 0 bridgehead atoms. The average molecular weight is 288 g/mol. The highest BCUT2D eigenvalue weighted by atomic mass is 16.2. The van der Waals surface area contributed by atoms with Crippen LogP contribution in [0.2, 0.25) is 0 Å². The van der Waals surface area contributed by atoms with Crippen molar-refractivity contribution in [1.29, 1.82) is 0 Å². The Morgan fingerprint density at radius 3 is 2.57 bits per heavy atom. The van der Waals surface area contributed by atoms with Gasteiger partial charge >= 0.3 is 0 Å². The molecule has 2 amide bonds. The number of nitrogens with one attached hydrogen (secondary N) is 1. The maximum Gasteiger partial charge on any atom is 0.253 e. The molecule has 4 nitrogen and oxygen atoms in total. The molecule has 0 spiro atoms. The first kappa shape index (κ1) is 15.5. The van der Waals surface area contributed by atoms with E-state index in [1.807, 2.05) is 6.07 Å². The zero-order chi connectivity index (χ0) is 15.2. The Morgan fingerprint density at radius 1 is 1.19 bits per heavy atom. The first-order valence-corrected chi connectivity index (χ1v) is 7.68. The second-order valence-corrected chi connectivity index (χ2v) is 6.04. The van der Waals surface area contributed by atoms with Crippen molar-refractivity contribution in [3.63, 3.8) is 0 Å². The molecular weight excluding hydrogens is 264 g/mol. The summed E-state index contributed by atoms with van der Waals surface area (Å²) >= 11 is 0. The summed E-state index contributed by atoms with van der Waals surface area (Å²) < 4.78 is 0. The molecule has 1 aliphatic carbocycles. The molecule has 1 aromatic rings. The maximum absolute atomic E-state index is 12.1. The SMILES string of the molecule is CN(C)C(=O)c1cccc(NC(=O)CC2CCCCC2)c1. The lowest BCUT2D eigenvalue weighted by molar-refractivity contribution is -0.117. The Bertz CT molecular complexity index is 505. The van der Waals surface area contributed by atoms with Crippen LogP contribution in [0.25, 0.3) is 0 Å². The van der Waals surface area contributed by atoms with Crippen LogP contribution in [0.1, 0.15) is 48.9 Å². The predicted molar refractivity (Wildman–Crippen MR) is 84.3 cm³/mol. The summed E-state index contributed by atoms with van der Waals surface area (Å²) in [5.41, 5.74) is 1.29. The lowest BCUT2D eigenvalue weighted by Crippen LogP contribution is -2.22. The molecule has 1 saturated carbocycles. The van der Waals surface area contributed by atoms with Gasteiger partial charge in [-0.25, -0.2) is 0 Å². The first-order valence-electron chi connectivity index (χ1n) is 7.68. The van der Waals surface area contributed by atoms with Crippen molar-refractivity contribution in [1.82, 2.24) is 4.90 Å². The number of hydrogen-bond acceptors (Lipinski definition) is 2. The number of amides is 2. The van der Waals surface area contributed by atoms with Crippen LogP contribution in [-0.2, 0) is 4.79 Å². The Labute approximate surface area is 126 Å². The summed E-state index contributed by atoms with van der Waals surface area (Å²) in [6.45, 7) is 0. The highest BCUT2D eigenvalue weighted by molar-refractivity contribution is 5.97. The van der Waals surface area contributed by atoms with E-state index in [0.29, 0.717) is 23.6 Å². The third kappa shape index (κ3) is 4.59. The van der Waals surface area contributed by atoms with E-state index in [0.717, 1.165) is 12.8 Å². The summed E-state index contributed by atoms with van der Waals surface area (Å²) in [6, 6.07) is 7.12. The minimum absolute atomic E-state index is 0.0522. The van der Waals surface area contributed by atoms with Gasteiger partial charge in [-0.2, -0.15) is 0 Å². The van der Waals surface area contributed by atoms with Gasteiger partial charge in [0, 0.05) is 31.8 Å². The third-order valence-electron chi connectivity index (χ3n) is 4.00. The Morgan fingerprint density at radius 2 is 1.90 bits per heavy atom. The molecule has 2 rings (SSSR count). The van der Waals surface area contributed by atoms with Gasteiger partial charge in [-0.15, -0.1) is 0 Å². The minimum Gasteiger partial charge on any atom is -0.345 e. The molecular formula is C17H24N2O2. The van der Waals surface area contributed by atoms with E-state index in [4.69, 9.17) is 0 Å². The van der Waals surface area contributed by atoms with Crippen molar-refractivity contribution in [3.8, 4) is 0 Å². The standard InChI is InChI=1S/C17H24N2O2/c1-19(2)17(21)14-9-6-10-15(12-14)18-16(20)11-13-7-4-3-5-8-13/h6,9-10,12-13H,3-5,7-8,11H2,1-2H3,(H,18,20). The normalized spacial score (nSPS) is 15.5. The summed E-state index contributed by atoms with van der Waals surface area (Å²) in [7, 11) is 3.44. The van der Waals surface area contributed by atoms with Gasteiger partial charge in [-0.3, -0.25) is 9.59 Å². The molecule has 0 radical (unpaired) electrons. The van der Waals surface area contributed by atoms with E-state index in [1.165, 1.54) is 24.2 Å². The van der Waals surface area contributed by atoms with Crippen molar-refractivity contribution < 1.29 is 9.59 Å². The fourth-order valence-electron chi connectivity index (χ4n) is 2.85.